The van der Waals surface area contributed by atoms with Crippen LogP contribution in [0.15, 0.2) is 18.2 Å². The van der Waals surface area contributed by atoms with Gasteiger partial charge in [0.25, 0.3) is 0 Å². The lowest BCUT2D eigenvalue weighted by atomic mass is 10.00. The summed E-state index contributed by atoms with van der Waals surface area (Å²) in [6.45, 7) is 2.05. The molecule has 114 valence electrons. The molecule has 1 aliphatic heterocycles. The first kappa shape index (κ1) is 15.1. The van der Waals surface area contributed by atoms with Gasteiger partial charge in [-0.15, -0.1) is 0 Å². The molecule has 1 amide bonds. The number of amides is 1. The molecule has 1 heterocycles. The van der Waals surface area contributed by atoms with Crippen molar-refractivity contribution in [2.24, 2.45) is 11.8 Å². The zero-order valence-corrected chi connectivity index (χ0v) is 13.1. The Kier molecular flexibility index (Phi) is 4.41. The zero-order chi connectivity index (χ0) is 15.0. The van der Waals surface area contributed by atoms with Crippen molar-refractivity contribution in [3.8, 4) is 0 Å². The number of aliphatic hydroxyl groups is 1. The average molecular weight is 329 g/mol. The fraction of sp³-hybridized carbons (Fsp3) is 0.533. The van der Waals surface area contributed by atoms with Gasteiger partial charge in [-0.1, -0.05) is 23.2 Å². The average Bonchev–Trinajstić information content (AvgIpc) is 2.96. The van der Waals surface area contributed by atoms with Gasteiger partial charge in [-0.05, 0) is 37.0 Å². The minimum atomic E-state index is -0.196. The van der Waals surface area contributed by atoms with Crippen LogP contribution in [0.5, 0.6) is 0 Å². The maximum absolute atomic E-state index is 12.1. The summed E-state index contributed by atoms with van der Waals surface area (Å²) < 4.78 is 0. The third kappa shape index (κ3) is 3.34. The first-order valence-electron chi connectivity index (χ1n) is 7.18. The third-order valence-electron chi connectivity index (χ3n) is 4.47. The molecule has 1 saturated heterocycles. The first-order chi connectivity index (χ1) is 10.0. The highest BCUT2D eigenvalue weighted by Crippen LogP contribution is 2.37. The minimum Gasteiger partial charge on any atom is -0.393 e. The lowest BCUT2D eigenvalue weighted by Crippen LogP contribution is -2.33. The van der Waals surface area contributed by atoms with Crippen LogP contribution >= 0.6 is 23.2 Å². The Balaban J connectivity index is 1.54. The Morgan fingerprint density at radius 3 is 2.81 bits per heavy atom. The summed E-state index contributed by atoms with van der Waals surface area (Å²) in [6, 6.07) is 5.04. The van der Waals surface area contributed by atoms with Gasteiger partial charge in [-0.2, -0.15) is 0 Å². The summed E-state index contributed by atoms with van der Waals surface area (Å²) in [6.07, 6.45) is 1.77. The number of carbonyl (C=O) groups excluding carboxylic acids is 1. The van der Waals surface area contributed by atoms with E-state index in [2.05, 4.69) is 10.2 Å². The molecule has 4 nitrogen and oxygen atoms in total. The van der Waals surface area contributed by atoms with Gasteiger partial charge >= 0.3 is 0 Å². The Morgan fingerprint density at radius 1 is 1.29 bits per heavy atom. The van der Waals surface area contributed by atoms with Crippen molar-refractivity contribution in [3.05, 3.63) is 28.2 Å². The van der Waals surface area contributed by atoms with E-state index in [1.165, 1.54) is 0 Å². The molecule has 2 fully saturated rings. The molecule has 1 aliphatic carbocycles. The molecule has 3 rings (SSSR count). The van der Waals surface area contributed by atoms with E-state index in [1.807, 2.05) is 0 Å². The van der Waals surface area contributed by atoms with Crippen LogP contribution in [0.2, 0.25) is 10.0 Å². The van der Waals surface area contributed by atoms with Crippen LogP contribution < -0.4 is 5.32 Å². The van der Waals surface area contributed by atoms with Crippen molar-refractivity contribution in [2.45, 2.75) is 18.9 Å². The van der Waals surface area contributed by atoms with Crippen LogP contribution in [0.3, 0.4) is 0 Å². The molecule has 21 heavy (non-hydrogen) atoms. The summed E-state index contributed by atoms with van der Waals surface area (Å²) in [5.41, 5.74) is 0.647. The molecule has 3 unspecified atom stereocenters. The predicted molar refractivity (Wildman–Crippen MR) is 83.8 cm³/mol. The molecule has 1 aromatic rings. The number of hydrogen-bond donors (Lipinski definition) is 2. The summed E-state index contributed by atoms with van der Waals surface area (Å²) in [5.74, 6) is 0.809. The fourth-order valence-corrected chi connectivity index (χ4v) is 3.73. The second-order valence-corrected chi connectivity index (χ2v) is 6.75. The molecule has 0 spiro atoms. The summed E-state index contributed by atoms with van der Waals surface area (Å²) >= 11 is 11.8. The van der Waals surface area contributed by atoms with E-state index in [0.29, 0.717) is 34.1 Å². The number of hydrogen-bond acceptors (Lipinski definition) is 3. The van der Waals surface area contributed by atoms with Gasteiger partial charge in [0.15, 0.2) is 0 Å². The highest BCUT2D eigenvalue weighted by Gasteiger charge is 2.41. The number of halogens is 2. The van der Waals surface area contributed by atoms with Crippen LogP contribution in [-0.2, 0) is 4.79 Å². The van der Waals surface area contributed by atoms with E-state index in [1.54, 1.807) is 18.2 Å². The molecule has 6 heteroatoms. The van der Waals surface area contributed by atoms with Gasteiger partial charge in [-0.25, -0.2) is 0 Å². The molecule has 3 atom stereocenters. The Morgan fingerprint density at radius 2 is 2.10 bits per heavy atom. The van der Waals surface area contributed by atoms with Crippen LogP contribution in [-0.4, -0.2) is 41.7 Å². The number of carbonyl (C=O) groups is 1. The van der Waals surface area contributed by atoms with Crippen molar-refractivity contribution in [1.82, 2.24) is 4.90 Å². The highest BCUT2D eigenvalue weighted by atomic mass is 35.5. The van der Waals surface area contributed by atoms with Crippen molar-refractivity contribution in [3.63, 3.8) is 0 Å². The highest BCUT2D eigenvalue weighted by molar-refractivity contribution is 6.42. The zero-order valence-electron chi connectivity index (χ0n) is 11.6. The topological polar surface area (TPSA) is 52.6 Å². The van der Waals surface area contributed by atoms with Gasteiger partial charge in [0.2, 0.25) is 5.91 Å². The molecule has 2 aliphatic rings. The molecule has 0 bridgehead atoms. The van der Waals surface area contributed by atoms with Gasteiger partial charge in [-0.3, -0.25) is 9.69 Å². The van der Waals surface area contributed by atoms with Gasteiger partial charge in [0, 0.05) is 24.7 Å². The van der Waals surface area contributed by atoms with E-state index < -0.39 is 0 Å². The summed E-state index contributed by atoms with van der Waals surface area (Å²) in [4.78, 5) is 14.2. The third-order valence-corrected chi connectivity index (χ3v) is 5.20. The quantitative estimate of drug-likeness (QED) is 0.896. The van der Waals surface area contributed by atoms with Crippen molar-refractivity contribution < 1.29 is 9.90 Å². The van der Waals surface area contributed by atoms with Crippen molar-refractivity contribution in [1.29, 1.82) is 0 Å². The minimum absolute atomic E-state index is 0.0668. The first-order valence-corrected chi connectivity index (χ1v) is 7.94. The van der Waals surface area contributed by atoms with E-state index in [-0.39, 0.29) is 12.0 Å². The predicted octanol–water partition coefficient (Wildman–Crippen LogP) is 2.63. The molecule has 1 saturated carbocycles. The van der Waals surface area contributed by atoms with Gasteiger partial charge in [0.1, 0.15) is 0 Å². The SMILES string of the molecule is O=C(CN1CC2CCC(O)C2C1)Nc1ccc(Cl)c(Cl)c1. The number of rotatable bonds is 3. The van der Waals surface area contributed by atoms with E-state index >= 15 is 0 Å². The molecular weight excluding hydrogens is 311 g/mol. The number of benzene rings is 1. The molecule has 1 aromatic carbocycles. The second-order valence-electron chi connectivity index (χ2n) is 5.94. The normalized spacial score (nSPS) is 28.6. The molecule has 2 N–H and O–H groups in total. The van der Waals surface area contributed by atoms with E-state index in [9.17, 15) is 9.90 Å². The second kappa shape index (κ2) is 6.13. The van der Waals surface area contributed by atoms with Crippen molar-refractivity contribution in [2.75, 3.05) is 25.0 Å². The Hall–Kier alpha value is -0.810. The van der Waals surface area contributed by atoms with Crippen molar-refractivity contribution >= 4 is 34.8 Å². The maximum Gasteiger partial charge on any atom is 0.238 e. The standard InChI is InChI=1S/C15H18Cl2N2O2/c16-12-3-2-10(5-13(12)17)18-15(21)8-19-6-9-1-4-14(20)11(9)7-19/h2-3,5,9,11,14,20H,1,4,6-8H2,(H,18,21). The lowest BCUT2D eigenvalue weighted by molar-refractivity contribution is -0.117. The Bertz CT molecular complexity index is 552. The molecule has 0 radical (unpaired) electrons. The monoisotopic (exact) mass is 328 g/mol. The number of aliphatic hydroxyl groups excluding tert-OH is 1. The summed E-state index contributed by atoms with van der Waals surface area (Å²) in [7, 11) is 0. The number of nitrogens with one attached hydrogen (secondary N) is 1. The number of anilines is 1. The maximum atomic E-state index is 12.1. The van der Waals surface area contributed by atoms with Crippen LogP contribution in [0, 0.1) is 11.8 Å². The largest absolute Gasteiger partial charge is 0.393 e. The van der Waals surface area contributed by atoms with Crippen LogP contribution in [0.4, 0.5) is 5.69 Å². The van der Waals surface area contributed by atoms with Crippen LogP contribution in [0.1, 0.15) is 12.8 Å². The smallest absolute Gasteiger partial charge is 0.238 e. The number of nitrogens with zero attached hydrogens (tertiary/aromatic N) is 1. The lowest BCUT2D eigenvalue weighted by Gasteiger charge is -2.17. The van der Waals surface area contributed by atoms with Gasteiger partial charge in [0.05, 0.1) is 22.7 Å². The van der Waals surface area contributed by atoms with Crippen LogP contribution in [0.25, 0.3) is 0 Å². The number of likely N-dealkylation sites (tertiary alicyclic amines) is 1. The number of fused-ring (bicyclic) bond motifs is 1. The fourth-order valence-electron chi connectivity index (χ4n) is 3.44. The van der Waals surface area contributed by atoms with E-state index in [0.717, 1.165) is 25.9 Å². The van der Waals surface area contributed by atoms with E-state index in [4.69, 9.17) is 23.2 Å². The Labute approximate surface area is 134 Å². The summed E-state index contributed by atoms with van der Waals surface area (Å²) in [5, 5.41) is 13.6. The molecular formula is C15H18Cl2N2O2. The van der Waals surface area contributed by atoms with Gasteiger partial charge < -0.3 is 10.4 Å². The molecule has 0 aromatic heterocycles.